The Labute approximate surface area is 69.3 Å². The van der Waals surface area contributed by atoms with Crippen LogP contribution in [-0.4, -0.2) is 29.3 Å². The lowest BCUT2D eigenvalue weighted by Crippen LogP contribution is -2.28. The molecule has 1 heterocycles. The average molecular weight is 169 g/mol. The van der Waals surface area contributed by atoms with E-state index in [0.717, 1.165) is 5.01 Å². The van der Waals surface area contributed by atoms with Crippen LogP contribution in [0.1, 0.15) is 13.3 Å². The van der Waals surface area contributed by atoms with Crippen LogP contribution in [0.25, 0.3) is 0 Å². The molecule has 64 valence electrons. The summed E-state index contributed by atoms with van der Waals surface area (Å²) < 4.78 is 12.8. The Hall–Kier alpha value is -1.44. The lowest BCUT2D eigenvalue weighted by Gasteiger charge is -2.08. The maximum Gasteiger partial charge on any atom is 0.283 e. The smallest absolute Gasteiger partial charge is 0.269 e. The van der Waals surface area contributed by atoms with E-state index in [2.05, 4.69) is 5.10 Å². The van der Waals surface area contributed by atoms with Crippen molar-refractivity contribution < 1.29 is 9.18 Å². The third-order valence-corrected chi connectivity index (χ3v) is 1.55. The Bertz CT molecular complexity index is 268. The molecule has 1 amide bonds. The van der Waals surface area contributed by atoms with Gasteiger partial charge in [0.15, 0.2) is 0 Å². The largest absolute Gasteiger partial charge is 0.283 e. The van der Waals surface area contributed by atoms with E-state index >= 15 is 0 Å². The van der Waals surface area contributed by atoms with E-state index in [1.54, 1.807) is 0 Å². The molecule has 0 aromatic rings. The van der Waals surface area contributed by atoms with Crippen LogP contribution >= 0.6 is 0 Å². The predicted molar refractivity (Wildman–Crippen MR) is 39.9 cm³/mol. The molecule has 0 saturated carbocycles. The van der Waals surface area contributed by atoms with Crippen molar-refractivity contribution in [2.75, 3.05) is 6.54 Å². The lowest BCUT2D eigenvalue weighted by molar-refractivity contribution is -0.132. The third-order valence-electron chi connectivity index (χ3n) is 1.55. The van der Waals surface area contributed by atoms with Crippen LogP contribution in [-0.2, 0) is 4.79 Å². The van der Waals surface area contributed by atoms with Gasteiger partial charge in [0, 0.05) is 0 Å². The van der Waals surface area contributed by atoms with Crippen molar-refractivity contribution in [1.29, 1.82) is 5.26 Å². The van der Waals surface area contributed by atoms with Gasteiger partial charge in [-0.05, 0) is 6.92 Å². The summed E-state index contributed by atoms with van der Waals surface area (Å²) in [7, 11) is 0. The average Bonchev–Trinajstić information content (AvgIpc) is 2.30. The predicted octanol–water partition coefficient (Wildman–Crippen LogP) is 0.456. The Kier molecular flexibility index (Phi) is 2.38. The first-order valence-corrected chi connectivity index (χ1v) is 3.54. The molecule has 0 bridgehead atoms. The summed E-state index contributed by atoms with van der Waals surface area (Å²) in [6.45, 7) is 1.63. The van der Waals surface area contributed by atoms with Gasteiger partial charge in [-0.2, -0.15) is 10.4 Å². The van der Waals surface area contributed by atoms with Crippen molar-refractivity contribution in [3.63, 3.8) is 0 Å². The summed E-state index contributed by atoms with van der Waals surface area (Å²) in [5.74, 6) is -0.664. The van der Waals surface area contributed by atoms with Crippen LogP contribution in [0.15, 0.2) is 5.10 Å². The fourth-order valence-corrected chi connectivity index (χ4v) is 0.916. The van der Waals surface area contributed by atoms with Gasteiger partial charge in [0.1, 0.15) is 0 Å². The van der Waals surface area contributed by atoms with Gasteiger partial charge in [-0.3, -0.25) is 4.79 Å². The molecule has 0 radical (unpaired) electrons. The Balaban J connectivity index is 2.59. The third kappa shape index (κ3) is 1.42. The SMILES string of the molecule is CC1=NN(CCC#N)C(=O)C1F. The Morgan fingerprint density at radius 2 is 2.50 bits per heavy atom. The zero-order valence-electron chi connectivity index (χ0n) is 6.62. The Morgan fingerprint density at radius 3 is 2.92 bits per heavy atom. The van der Waals surface area contributed by atoms with Crippen molar-refractivity contribution >= 4 is 11.6 Å². The van der Waals surface area contributed by atoms with Crippen LogP contribution in [0.5, 0.6) is 0 Å². The van der Waals surface area contributed by atoms with Crippen LogP contribution in [0.2, 0.25) is 0 Å². The molecule has 0 aromatic heterocycles. The molecule has 1 atom stereocenters. The summed E-state index contributed by atoms with van der Waals surface area (Å²) >= 11 is 0. The van der Waals surface area contributed by atoms with Gasteiger partial charge < -0.3 is 0 Å². The van der Waals surface area contributed by atoms with Gasteiger partial charge in [0.05, 0.1) is 24.7 Å². The number of nitriles is 1. The second kappa shape index (κ2) is 3.30. The number of carbonyl (C=O) groups excluding carboxylic acids is 1. The lowest BCUT2D eigenvalue weighted by atomic mass is 10.3. The molecule has 0 N–H and O–H groups in total. The molecule has 5 heteroatoms. The van der Waals surface area contributed by atoms with E-state index in [1.165, 1.54) is 6.92 Å². The zero-order chi connectivity index (χ0) is 9.14. The summed E-state index contributed by atoms with van der Waals surface area (Å²) in [5.41, 5.74) is 0.165. The highest BCUT2D eigenvalue weighted by Gasteiger charge is 2.32. The minimum absolute atomic E-state index is 0.165. The zero-order valence-corrected chi connectivity index (χ0v) is 6.62. The second-order valence-electron chi connectivity index (χ2n) is 2.47. The molecule has 0 saturated heterocycles. The first kappa shape index (κ1) is 8.65. The van der Waals surface area contributed by atoms with Crippen molar-refractivity contribution in [2.45, 2.75) is 19.5 Å². The molecule has 4 nitrogen and oxygen atoms in total. The fraction of sp³-hybridized carbons (Fsp3) is 0.571. The standard InChI is InChI=1S/C7H8FN3O/c1-5-6(8)7(12)11(10-5)4-2-3-9/h6H,2,4H2,1H3. The van der Waals surface area contributed by atoms with Crippen molar-refractivity contribution in [1.82, 2.24) is 5.01 Å². The van der Waals surface area contributed by atoms with Gasteiger partial charge >= 0.3 is 0 Å². The maximum absolute atomic E-state index is 12.8. The number of hydrogen-bond acceptors (Lipinski definition) is 3. The number of hydrazone groups is 1. The summed E-state index contributed by atoms with van der Waals surface area (Å²) in [6.07, 6.45) is -1.43. The highest BCUT2D eigenvalue weighted by atomic mass is 19.1. The first-order chi connectivity index (χ1) is 5.66. The van der Waals surface area contributed by atoms with Crippen LogP contribution in [0.4, 0.5) is 4.39 Å². The minimum atomic E-state index is -1.61. The quantitative estimate of drug-likeness (QED) is 0.602. The van der Waals surface area contributed by atoms with Crippen molar-refractivity contribution in [2.24, 2.45) is 5.10 Å². The minimum Gasteiger partial charge on any atom is -0.269 e. The summed E-state index contributed by atoms with van der Waals surface area (Å²) in [5, 5.41) is 12.9. The molecule has 0 spiro atoms. The van der Waals surface area contributed by atoms with E-state index in [9.17, 15) is 9.18 Å². The molecule has 0 fully saturated rings. The second-order valence-corrected chi connectivity index (χ2v) is 2.47. The van der Waals surface area contributed by atoms with E-state index in [0.29, 0.717) is 0 Å². The first-order valence-electron chi connectivity index (χ1n) is 3.54. The fourth-order valence-electron chi connectivity index (χ4n) is 0.916. The van der Waals surface area contributed by atoms with Gasteiger partial charge in [-0.25, -0.2) is 9.40 Å². The van der Waals surface area contributed by atoms with E-state index in [4.69, 9.17) is 5.26 Å². The van der Waals surface area contributed by atoms with Crippen LogP contribution in [0, 0.1) is 11.3 Å². The Morgan fingerprint density at radius 1 is 1.83 bits per heavy atom. The van der Waals surface area contributed by atoms with Crippen LogP contribution in [0.3, 0.4) is 0 Å². The van der Waals surface area contributed by atoms with Crippen molar-refractivity contribution in [3.05, 3.63) is 0 Å². The molecule has 1 rings (SSSR count). The number of alkyl halides is 1. The molecule has 1 unspecified atom stereocenters. The van der Waals surface area contributed by atoms with Crippen molar-refractivity contribution in [3.8, 4) is 6.07 Å². The highest BCUT2D eigenvalue weighted by molar-refractivity contribution is 6.09. The van der Waals surface area contributed by atoms with E-state index < -0.39 is 12.1 Å². The van der Waals surface area contributed by atoms with Gasteiger partial charge in [0.2, 0.25) is 6.17 Å². The van der Waals surface area contributed by atoms with Crippen LogP contribution < -0.4 is 0 Å². The number of hydrogen-bond donors (Lipinski definition) is 0. The molecular formula is C7H8FN3O. The molecule has 0 aromatic carbocycles. The molecular weight excluding hydrogens is 161 g/mol. The van der Waals surface area contributed by atoms with Gasteiger partial charge in [-0.15, -0.1) is 0 Å². The number of nitrogens with zero attached hydrogens (tertiary/aromatic N) is 3. The molecule has 1 aliphatic rings. The molecule has 12 heavy (non-hydrogen) atoms. The molecule has 1 aliphatic heterocycles. The number of rotatable bonds is 2. The monoisotopic (exact) mass is 169 g/mol. The summed E-state index contributed by atoms with van der Waals surface area (Å²) in [4.78, 5) is 10.9. The molecule has 0 aliphatic carbocycles. The van der Waals surface area contributed by atoms with Gasteiger partial charge in [0.25, 0.3) is 5.91 Å². The number of halogens is 1. The number of amides is 1. The number of carbonyl (C=O) groups is 1. The van der Waals surface area contributed by atoms with E-state index in [-0.39, 0.29) is 18.7 Å². The highest BCUT2D eigenvalue weighted by Crippen LogP contribution is 2.11. The van der Waals surface area contributed by atoms with Gasteiger partial charge in [-0.1, -0.05) is 0 Å². The van der Waals surface area contributed by atoms with E-state index in [1.807, 2.05) is 6.07 Å². The summed E-state index contributed by atoms with van der Waals surface area (Å²) in [6, 6.07) is 1.86. The normalized spacial score (nSPS) is 22.4. The maximum atomic E-state index is 12.8. The topological polar surface area (TPSA) is 56.5 Å².